The van der Waals surface area contributed by atoms with Crippen LogP contribution >= 0.6 is 11.6 Å². The van der Waals surface area contributed by atoms with Gasteiger partial charge in [0.15, 0.2) is 0 Å². The summed E-state index contributed by atoms with van der Waals surface area (Å²) in [4.78, 5) is 24.7. The molecule has 1 amide bonds. The topological polar surface area (TPSA) is 99.0 Å². The van der Waals surface area contributed by atoms with E-state index in [9.17, 15) is 9.59 Å². The number of amides is 1. The van der Waals surface area contributed by atoms with Crippen molar-refractivity contribution in [1.29, 1.82) is 0 Å². The smallest absolute Gasteiger partial charge is 0.339 e. The van der Waals surface area contributed by atoms with Crippen molar-refractivity contribution in [3.63, 3.8) is 0 Å². The second kappa shape index (κ2) is 8.41. The number of carbonyl (C=O) groups is 2. The van der Waals surface area contributed by atoms with Gasteiger partial charge in [0.2, 0.25) is 5.91 Å². The SMILES string of the molecule is COC(=O)c1cc(NC(=O)C(Cc2ccccc2)n2cnnn2)ccc1Cl. The molecular formula is C18H16ClN5O3. The number of carbonyl (C=O) groups excluding carboxylic acids is 2. The third-order valence-corrected chi connectivity index (χ3v) is 4.23. The first-order valence-electron chi connectivity index (χ1n) is 8.03. The van der Waals surface area contributed by atoms with Crippen LogP contribution in [0.25, 0.3) is 0 Å². The highest BCUT2D eigenvalue weighted by Crippen LogP contribution is 2.23. The lowest BCUT2D eigenvalue weighted by Gasteiger charge is -2.17. The van der Waals surface area contributed by atoms with Gasteiger partial charge in [-0.05, 0) is 34.2 Å². The van der Waals surface area contributed by atoms with E-state index in [1.54, 1.807) is 6.07 Å². The van der Waals surface area contributed by atoms with Crippen LogP contribution in [0.5, 0.6) is 0 Å². The maximum atomic E-state index is 12.9. The van der Waals surface area contributed by atoms with Gasteiger partial charge in [-0.2, -0.15) is 0 Å². The largest absolute Gasteiger partial charge is 0.465 e. The van der Waals surface area contributed by atoms with E-state index in [2.05, 4.69) is 20.8 Å². The summed E-state index contributed by atoms with van der Waals surface area (Å²) in [6, 6.07) is 13.4. The highest BCUT2D eigenvalue weighted by atomic mass is 35.5. The van der Waals surface area contributed by atoms with Crippen LogP contribution in [0.15, 0.2) is 54.9 Å². The van der Waals surface area contributed by atoms with Crippen LogP contribution in [0.1, 0.15) is 22.0 Å². The van der Waals surface area contributed by atoms with Crippen LogP contribution in [0.4, 0.5) is 5.69 Å². The van der Waals surface area contributed by atoms with E-state index in [1.807, 2.05) is 30.3 Å². The number of ether oxygens (including phenoxy) is 1. The number of esters is 1. The Bertz CT molecular complexity index is 931. The molecule has 1 heterocycles. The highest BCUT2D eigenvalue weighted by molar-refractivity contribution is 6.33. The molecule has 138 valence electrons. The van der Waals surface area contributed by atoms with Crippen molar-refractivity contribution < 1.29 is 14.3 Å². The summed E-state index contributed by atoms with van der Waals surface area (Å²) in [6.07, 6.45) is 1.78. The van der Waals surface area contributed by atoms with Gasteiger partial charge in [-0.1, -0.05) is 41.9 Å². The van der Waals surface area contributed by atoms with E-state index in [0.717, 1.165) is 5.56 Å². The molecule has 0 spiro atoms. The van der Waals surface area contributed by atoms with Crippen LogP contribution in [0.2, 0.25) is 5.02 Å². The van der Waals surface area contributed by atoms with Crippen LogP contribution in [-0.4, -0.2) is 39.2 Å². The second-order valence-electron chi connectivity index (χ2n) is 5.67. The van der Waals surface area contributed by atoms with Gasteiger partial charge in [0.25, 0.3) is 0 Å². The van der Waals surface area contributed by atoms with Gasteiger partial charge >= 0.3 is 5.97 Å². The number of tetrazole rings is 1. The maximum absolute atomic E-state index is 12.9. The highest BCUT2D eigenvalue weighted by Gasteiger charge is 2.23. The van der Waals surface area contributed by atoms with Crippen molar-refractivity contribution in [3.8, 4) is 0 Å². The number of methoxy groups -OCH3 is 1. The number of aromatic nitrogens is 4. The molecule has 3 rings (SSSR count). The molecule has 0 aliphatic rings. The number of nitrogens with zero attached hydrogens (tertiary/aromatic N) is 4. The fourth-order valence-electron chi connectivity index (χ4n) is 2.55. The number of hydrogen-bond acceptors (Lipinski definition) is 6. The molecule has 3 aromatic rings. The zero-order valence-corrected chi connectivity index (χ0v) is 15.1. The van der Waals surface area contributed by atoms with Gasteiger partial charge in [0, 0.05) is 12.1 Å². The van der Waals surface area contributed by atoms with E-state index in [0.29, 0.717) is 12.1 Å². The van der Waals surface area contributed by atoms with E-state index in [4.69, 9.17) is 16.3 Å². The summed E-state index contributed by atoms with van der Waals surface area (Å²) in [6.45, 7) is 0. The van der Waals surface area contributed by atoms with Gasteiger partial charge in [-0.15, -0.1) is 5.10 Å². The van der Waals surface area contributed by atoms with Crippen molar-refractivity contribution in [1.82, 2.24) is 20.2 Å². The first-order chi connectivity index (χ1) is 13.1. The molecule has 0 saturated carbocycles. The fraction of sp³-hybridized carbons (Fsp3) is 0.167. The van der Waals surface area contributed by atoms with Crippen molar-refractivity contribution in [2.24, 2.45) is 0 Å². The first-order valence-corrected chi connectivity index (χ1v) is 8.41. The van der Waals surface area contributed by atoms with Crippen LogP contribution in [-0.2, 0) is 16.0 Å². The first kappa shape index (κ1) is 18.5. The second-order valence-corrected chi connectivity index (χ2v) is 6.08. The van der Waals surface area contributed by atoms with Crippen molar-refractivity contribution >= 4 is 29.2 Å². The predicted molar refractivity (Wildman–Crippen MR) is 98.4 cm³/mol. The minimum absolute atomic E-state index is 0.166. The monoisotopic (exact) mass is 385 g/mol. The molecule has 1 N–H and O–H groups in total. The van der Waals surface area contributed by atoms with Crippen LogP contribution in [0, 0.1) is 0 Å². The summed E-state index contributed by atoms with van der Waals surface area (Å²) < 4.78 is 6.08. The molecule has 0 fully saturated rings. The van der Waals surface area contributed by atoms with E-state index >= 15 is 0 Å². The number of anilines is 1. The lowest BCUT2D eigenvalue weighted by molar-refractivity contribution is -0.119. The molecule has 0 radical (unpaired) electrons. The van der Waals surface area contributed by atoms with Crippen LogP contribution < -0.4 is 5.32 Å². The summed E-state index contributed by atoms with van der Waals surface area (Å²) in [5.41, 5.74) is 1.54. The van der Waals surface area contributed by atoms with Gasteiger partial charge in [-0.3, -0.25) is 4.79 Å². The molecule has 2 aromatic carbocycles. The maximum Gasteiger partial charge on any atom is 0.339 e. The predicted octanol–water partition coefficient (Wildman–Crippen LogP) is 2.54. The van der Waals surface area contributed by atoms with Gasteiger partial charge in [-0.25, -0.2) is 9.48 Å². The summed E-state index contributed by atoms with van der Waals surface area (Å²) in [7, 11) is 1.26. The molecule has 0 bridgehead atoms. The minimum Gasteiger partial charge on any atom is -0.465 e. The number of nitrogens with one attached hydrogen (secondary N) is 1. The molecule has 27 heavy (non-hydrogen) atoms. The molecule has 9 heteroatoms. The van der Waals surface area contributed by atoms with Gasteiger partial charge in [0.1, 0.15) is 12.4 Å². The lowest BCUT2D eigenvalue weighted by atomic mass is 10.1. The summed E-state index contributed by atoms with van der Waals surface area (Å²) in [5.74, 6) is -0.915. The lowest BCUT2D eigenvalue weighted by Crippen LogP contribution is -2.28. The quantitative estimate of drug-likeness (QED) is 0.654. The van der Waals surface area contributed by atoms with E-state index in [1.165, 1.54) is 30.3 Å². The Morgan fingerprint density at radius 3 is 2.67 bits per heavy atom. The van der Waals surface area contributed by atoms with Crippen LogP contribution in [0.3, 0.4) is 0 Å². The average Bonchev–Trinajstić information content (AvgIpc) is 3.22. The summed E-state index contributed by atoms with van der Waals surface area (Å²) >= 11 is 6.01. The fourth-order valence-corrected chi connectivity index (χ4v) is 2.74. The Hall–Kier alpha value is -3.26. The molecule has 1 aromatic heterocycles. The molecule has 1 atom stereocenters. The molecular weight excluding hydrogens is 370 g/mol. The average molecular weight is 386 g/mol. The van der Waals surface area contributed by atoms with Crippen molar-refractivity contribution in [3.05, 3.63) is 71.0 Å². The van der Waals surface area contributed by atoms with E-state index < -0.39 is 12.0 Å². The molecule has 0 aliphatic heterocycles. The molecule has 0 aliphatic carbocycles. The number of benzene rings is 2. The molecule has 1 unspecified atom stereocenters. The Kier molecular flexibility index (Phi) is 5.77. The summed E-state index contributed by atoms with van der Waals surface area (Å²) in [5, 5.41) is 14.1. The van der Waals surface area contributed by atoms with Gasteiger partial charge < -0.3 is 10.1 Å². The number of hydrogen-bond donors (Lipinski definition) is 1. The van der Waals surface area contributed by atoms with Crippen molar-refractivity contribution in [2.45, 2.75) is 12.5 Å². The Balaban J connectivity index is 1.84. The zero-order valence-electron chi connectivity index (χ0n) is 14.4. The zero-order chi connectivity index (χ0) is 19.2. The molecule has 0 saturated heterocycles. The standard InChI is InChI=1S/C18H16ClN5O3/c1-27-18(26)14-10-13(7-8-15(14)19)21-17(25)16(24-11-20-22-23-24)9-12-5-3-2-4-6-12/h2-8,10-11,16H,9H2,1H3,(H,21,25). The third-order valence-electron chi connectivity index (χ3n) is 3.90. The van der Waals surface area contributed by atoms with E-state index in [-0.39, 0.29) is 16.5 Å². The molecule has 8 nitrogen and oxygen atoms in total. The Morgan fingerprint density at radius 1 is 1.22 bits per heavy atom. The third kappa shape index (κ3) is 4.48. The number of rotatable bonds is 6. The minimum atomic E-state index is -0.667. The Morgan fingerprint density at radius 2 is 2.00 bits per heavy atom. The van der Waals surface area contributed by atoms with Crippen molar-refractivity contribution in [2.75, 3.05) is 12.4 Å². The van der Waals surface area contributed by atoms with Gasteiger partial charge in [0.05, 0.1) is 17.7 Å². The number of halogens is 1. The Labute approximate surface area is 160 Å². The normalized spacial score (nSPS) is 11.6.